The van der Waals surface area contributed by atoms with Gasteiger partial charge in [0.2, 0.25) is 5.91 Å². The van der Waals surface area contributed by atoms with Gasteiger partial charge in [0, 0.05) is 50.6 Å². The third-order valence-corrected chi connectivity index (χ3v) is 6.52. The molecule has 2 saturated heterocycles. The van der Waals surface area contributed by atoms with Gasteiger partial charge in [0.25, 0.3) is 0 Å². The summed E-state index contributed by atoms with van der Waals surface area (Å²) in [4.78, 5) is 19.9. The number of piperidine rings is 1. The van der Waals surface area contributed by atoms with E-state index in [2.05, 4.69) is 38.2 Å². The summed E-state index contributed by atoms with van der Waals surface area (Å²) in [6, 6.07) is 16.2. The van der Waals surface area contributed by atoms with Crippen LogP contribution in [0.15, 0.2) is 48.5 Å². The highest BCUT2D eigenvalue weighted by molar-refractivity contribution is 5.94. The second kappa shape index (κ2) is 10.1. The van der Waals surface area contributed by atoms with Gasteiger partial charge in [0.05, 0.1) is 18.8 Å². The van der Waals surface area contributed by atoms with Gasteiger partial charge in [-0.3, -0.25) is 9.69 Å². The standard InChI is InChI=1S/C25H34N4O2/c1-20(27-16-18-29(19-17-27)23-8-4-5-9-24(23)31-2)25(30)26-21-10-12-22(13-11-21)28-14-6-3-7-15-28/h4-5,8-13,20H,3,6-7,14-19H2,1-2H3,(H,26,30)/t20-/m0/s1. The lowest BCUT2D eigenvalue weighted by Crippen LogP contribution is -2.52. The van der Waals surface area contributed by atoms with E-state index in [0.29, 0.717) is 0 Å². The first-order valence-electron chi connectivity index (χ1n) is 11.4. The van der Waals surface area contributed by atoms with Gasteiger partial charge < -0.3 is 19.9 Å². The lowest BCUT2D eigenvalue weighted by atomic mass is 10.1. The zero-order valence-electron chi connectivity index (χ0n) is 18.7. The SMILES string of the molecule is COc1ccccc1N1CCN([C@@H](C)C(=O)Nc2ccc(N3CCCCC3)cc2)CC1. The highest BCUT2D eigenvalue weighted by Gasteiger charge is 2.26. The maximum Gasteiger partial charge on any atom is 0.241 e. The van der Waals surface area contributed by atoms with Crippen LogP contribution in [0.3, 0.4) is 0 Å². The topological polar surface area (TPSA) is 48.1 Å². The molecule has 0 bridgehead atoms. The minimum atomic E-state index is -0.165. The van der Waals surface area contributed by atoms with Crippen LogP contribution in [0, 0.1) is 0 Å². The number of methoxy groups -OCH3 is 1. The highest BCUT2D eigenvalue weighted by atomic mass is 16.5. The largest absolute Gasteiger partial charge is 0.495 e. The van der Waals surface area contributed by atoms with E-state index in [0.717, 1.165) is 56.4 Å². The van der Waals surface area contributed by atoms with Crippen molar-refractivity contribution in [3.63, 3.8) is 0 Å². The Kier molecular flexibility index (Phi) is 6.97. The van der Waals surface area contributed by atoms with E-state index in [9.17, 15) is 4.79 Å². The third-order valence-electron chi connectivity index (χ3n) is 6.52. The summed E-state index contributed by atoms with van der Waals surface area (Å²) < 4.78 is 5.50. The van der Waals surface area contributed by atoms with Crippen molar-refractivity contribution in [2.75, 3.05) is 61.5 Å². The van der Waals surface area contributed by atoms with E-state index in [1.165, 1.54) is 24.9 Å². The van der Waals surface area contributed by atoms with Crippen LogP contribution in [0.25, 0.3) is 0 Å². The number of ether oxygens (including phenoxy) is 1. The Hall–Kier alpha value is -2.73. The van der Waals surface area contributed by atoms with E-state index >= 15 is 0 Å². The molecule has 2 aliphatic rings. The Morgan fingerprint density at radius 2 is 1.55 bits per heavy atom. The molecule has 1 amide bonds. The summed E-state index contributed by atoms with van der Waals surface area (Å²) >= 11 is 0. The Labute approximate surface area is 185 Å². The number of carbonyl (C=O) groups is 1. The molecule has 2 heterocycles. The molecule has 2 fully saturated rings. The van der Waals surface area contributed by atoms with Gasteiger partial charge in [-0.25, -0.2) is 0 Å². The maximum absolute atomic E-state index is 12.9. The smallest absolute Gasteiger partial charge is 0.241 e. The first kappa shape index (κ1) is 21.5. The molecule has 2 aromatic rings. The zero-order chi connectivity index (χ0) is 21.6. The molecule has 2 aromatic carbocycles. The van der Waals surface area contributed by atoms with Crippen molar-refractivity contribution in [3.05, 3.63) is 48.5 Å². The molecule has 4 rings (SSSR count). The summed E-state index contributed by atoms with van der Waals surface area (Å²) in [5.41, 5.74) is 3.24. The zero-order valence-corrected chi connectivity index (χ0v) is 18.7. The predicted octanol–water partition coefficient (Wildman–Crippen LogP) is 3.83. The Bertz CT molecular complexity index is 856. The summed E-state index contributed by atoms with van der Waals surface area (Å²) in [7, 11) is 1.71. The van der Waals surface area contributed by atoms with E-state index < -0.39 is 0 Å². The molecular formula is C25H34N4O2. The second-order valence-electron chi connectivity index (χ2n) is 8.45. The summed E-state index contributed by atoms with van der Waals surface area (Å²) in [5, 5.41) is 3.10. The van der Waals surface area contributed by atoms with E-state index in [4.69, 9.17) is 4.74 Å². The molecule has 6 heteroatoms. The van der Waals surface area contributed by atoms with Crippen molar-refractivity contribution in [1.29, 1.82) is 0 Å². The van der Waals surface area contributed by atoms with Crippen LogP contribution in [0.2, 0.25) is 0 Å². The van der Waals surface area contributed by atoms with Crippen molar-refractivity contribution in [2.24, 2.45) is 0 Å². The van der Waals surface area contributed by atoms with Gasteiger partial charge in [-0.2, -0.15) is 0 Å². The molecule has 0 radical (unpaired) electrons. The Morgan fingerprint density at radius 3 is 2.23 bits per heavy atom. The predicted molar refractivity (Wildman–Crippen MR) is 127 cm³/mol. The normalized spacial score (nSPS) is 18.5. The minimum Gasteiger partial charge on any atom is -0.495 e. The molecule has 0 spiro atoms. The van der Waals surface area contributed by atoms with Gasteiger partial charge in [0.1, 0.15) is 5.75 Å². The molecule has 2 aliphatic heterocycles. The van der Waals surface area contributed by atoms with Crippen LogP contribution in [0.5, 0.6) is 5.75 Å². The van der Waals surface area contributed by atoms with Gasteiger partial charge in [-0.15, -0.1) is 0 Å². The molecule has 166 valence electrons. The van der Waals surface area contributed by atoms with Gasteiger partial charge in [-0.1, -0.05) is 12.1 Å². The van der Waals surface area contributed by atoms with Gasteiger partial charge >= 0.3 is 0 Å². The molecule has 0 aliphatic carbocycles. The van der Waals surface area contributed by atoms with Gasteiger partial charge in [0.15, 0.2) is 0 Å². The molecule has 0 aromatic heterocycles. The van der Waals surface area contributed by atoms with E-state index in [1.54, 1.807) is 7.11 Å². The maximum atomic E-state index is 12.9. The van der Waals surface area contributed by atoms with Crippen molar-refractivity contribution in [1.82, 2.24) is 4.90 Å². The first-order chi connectivity index (χ1) is 15.2. The minimum absolute atomic E-state index is 0.0523. The number of nitrogens with zero attached hydrogens (tertiary/aromatic N) is 3. The lowest BCUT2D eigenvalue weighted by Gasteiger charge is -2.38. The van der Waals surface area contributed by atoms with Crippen molar-refractivity contribution in [3.8, 4) is 5.75 Å². The average Bonchev–Trinajstić information content (AvgIpc) is 2.84. The van der Waals surface area contributed by atoms with E-state index in [1.807, 2.05) is 37.3 Å². The Balaban J connectivity index is 1.29. The molecular weight excluding hydrogens is 388 g/mol. The number of anilines is 3. The lowest BCUT2D eigenvalue weighted by molar-refractivity contribution is -0.120. The molecule has 0 saturated carbocycles. The van der Waals surface area contributed by atoms with Crippen LogP contribution >= 0.6 is 0 Å². The number of amides is 1. The fourth-order valence-electron chi connectivity index (χ4n) is 4.56. The first-order valence-corrected chi connectivity index (χ1v) is 11.4. The summed E-state index contributed by atoms with van der Waals surface area (Å²) in [6.45, 7) is 7.70. The number of para-hydroxylation sites is 2. The number of nitrogens with one attached hydrogen (secondary N) is 1. The number of hydrogen-bond acceptors (Lipinski definition) is 5. The fraction of sp³-hybridized carbons (Fsp3) is 0.480. The Morgan fingerprint density at radius 1 is 0.871 bits per heavy atom. The van der Waals surface area contributed by atoms with Crippen molar-refractivity contribution >= 4 is 23.0 Å². The van der Waals surface area contributed by atoms with Crippen LogP contribution < -0.4 is 19.9 Å². The molecule has 31 heavy (non-hydrogen) atoms. The third kappa shape index (κ3) is 5.13. The number of hydrogen-bond donors (Lipinski definition) is 1. The van der Waals surface area contributed by atoms with Crippen molar-refractivity contribution in [2.45, 2.75) is 32.2 Å². The average molecular weight is 423 g/mol. The second-order valence-corrected chi connectivity index (χ2v) is 8.45. The van der Waals surface area contributed by atoms with Gasteiger partial charge in [-0.05, 0) is 62.6 Å². The number of benzene rings is 2. The number of carbonyl (C=O) groups excluding carboxylic acids is 1. The van der Waals surface area contributed by atoms with Crippen LogP contribution in [-0.4, -0.2) is 63.2 Å². The molecule has 6 nitrogen and oxygen atoms in total. The molecule has 1 N–H and O–H groups in total. The quantitative estimate of drug-likeness (QED) is 0.767. The summed E-state index contributed by atoms with van der Waals surface area (Å²) in [5.74, 6) is 0.950. The monoisotopic (exact) mass is 422 g/mol. The molecule has 0 unspecified atom stereocenters. The van der Waals surface area contributed by atoms with Crippen LogP contribution in [0.4, 0.5) is 17.1 Å². The number of piperazine rings is 1. The summed E-state index contributed by atoms with van der Waals surface area (Å²) in [6.07, 6.45) is 3.86. The highest BCUT2D eigenvalue weighted by Crippen LogP contribution is 2.28. The fourth-order valence-corrected chi connectivity index (χ4v) is 4.56. The van der Waals surface area contributed by atoms with Crippen LogP contribution in [0.1, 0.15) is 26.2 Å². The number of rotatable bonds is 6. The van der Waals surface area contributed by atoms with Crippen LogP contribution in [-0.2, 0) is 4.79 Å². The van der Waals surface area contributed by atoms with Crippen molar-refractivity contribution < 1.29 is 9.53 Å². The van der Waals surface area contributed by atoms with E-state index in [-0.39, 0.29) is 11.9 Å². The molecule has 1 atom stereocenters.